The maximum Gasteiger partial charge on any atom is 0.338 e. The van der Waals surface area contributed by atoms with Crippen molar-refractivity contribution in [3.8, 4) is 0 Å². The zero-order valence-electron chi connectivity index (χ0n) is 18.1. The number of thioether (sulfide) groups is 1. The van der Waals surface area contributed by atoms with Crippen molar-refractivity contribution in [1.29, 1.82) is 0 Å². The maximum atomic E-state index is 13.1. The third kappa shape index (κ3) is 5.03. The molecule has 0 unspecified atom stereocenters. The van der Waals surface area contributed by atoms with Crippen LogP contribution in [0.2, 0.25) is 5.02 Å². The molecule has 9 heteroatoms. The van der Waals surface area contributed by atoms with Crippen LogP contribution in [0.3, 0.4) is 0 Å². The number of benzene rings is 1. The van der Waals surface area contributed by atoms with Gasteiger partial charge in [0.2, 0.25) is 5.91 Å². The van der Waals surface area contributed by atoms with Gasteiger partial charge in [0.05, 0.1) is 30.3 Å². The highest BCUT2D eigenvalue weighted by molar-refractivity contribution is 8.16. The molecule has 3 aliphatic rings. The summed E-state index contributed by atoms with van der Waals surface area (Å²) in [5, 5.41) is 6.18. The lowest BCUT2D eigenvalue weighted by Gasteiger charge is -2.36. The van der Waals surface area contributed by atoms with Gasteiger partial charge in [-0.15, -0.1) is 0 Å². The van der Waals surface area contributed by atoms with Crippen LogP contribution < -0.4 is 5.32 Å². The Labute approximate surface area is 196 Å². The summed E-state index contributed by atoms with van der Waals surface area (Å²) >= 11 is 8.01. The van der Waals surface area contributed by atoms with E-state index in [1.54, 1.807) is 20.1 Å². The normalized spacial score (nSPS) is 20.0. The molecule has 0 radical (unpaired) electrons. The zero-order valence-corrected chi connectivity index (χ0v) is 19.7. The smallest absolute Gasteiger partial charge is 0.338 e. The van der Waals surface area contributed by atoms with Gasteiger partial charge in [0, 0.05) is 24.4 Å². The molecular formula is C23H26ClN3O4S. The second-order valence-corrected chi connectivity index (χ2v) is 9.21. The summed E-state index contributed by atoms with van der Waals surface area (Å²) < 4.78 is 10.5. The highest BCUT2D eigenvalue weighted by Crippen LogP contribution is 2.46. The average molecular weight is 476 g/mol. The number of amides is 1. The van der Waals surface area contributed by atoms with Crippen LogP contribution in [0.1, 0.15) is 37.8 Å². The van der Waals surface area contributed by atoms with Crippen molar-refractivity contribution in [2.75, 3.05) is 26.9 Å². The number of carbonyl (C=O) groups is 2. The van der Waals surface area contributed by atoms with Crippen LogP contribution in [0.15, 0.2) is 51.6 Å². The predicted octanol–water partition coefficient (Wildman–Crippen LogP) is 4.02. The second kappa shape index (κ2) is 10.1. The van der Waals surface area contributed by atoms with Crippen molar-refractivity contribution in [2.24, 2.45) is 10.9 Å². The molecule has 7 nitrogen and oxygen atoms in total. The predicted molar refractivity (Wildman–Crippen MR) is 125 cm³/mol. The number of ether oxygens (including phenoxy) is 2. The number of carbonyl (C=O) groups excluding carboxylic acids is 2. The van der Waals surface area contributed by atoms with Crippen LogP contribution in [0, 0.1) is 5.92 Å². The van der Waals surface area contributed by atoms with Gasteiger partial charge in [0.15, 0.2) is 5.17 Å². The van der Waals surface area contributed by atoms with E-state index in [0.29, 0.717) is 40.5 Å². The Hall–Kier alpha value is -2.29. The van der Waals surface area contributed by atoms with Crippen molar-refractivity contribution in [3.05, 3.63) is 57.2 Å². The van der Waals surface area contributed by atoms with Crippen molar-refractivity contribution < 1.29 is 19.1 Å². The molecule has 1 atom stereocenters. The van der Waals surface area contributed by atoms with E-state index in [4.69, 9.17) is 21.1 Å². The summed E-state index contributed by atoms with van der Waals surface area (Å²) in [7, 11) is 1.55. The fraction of sp³-hybridized carbons (Fsp3) is 0.435. The second-order valence-electron chi connectivity index (χ2n) is 7.97. The van der Waals surface area contributed by atoms with Gasteiger partial charge in [-0.3, -0.25) is 4.79 Å². The Morgan fingerprint density at radius 2 is 2.06 bits per heavy atom. The molecule has 0 aromatic heterocycles. The van der Waals surface area contributed by atoms with E-state index in [9.17, 15) is 9.59 Å². The van der Waals surface area contributed by atoms with Gasteiger partial charge < -0.3 is 19.7 Å². The van der Waals surface area contributed by atoms with E-state index in [-0.39, 0.29) is 18.9 Å². The Bertz CT molecular complexity index is 1000. The standard InChI is InChI=1S/C23H26ClN3O4S/c1-14-20(22(29)31-10-9-30-2)21(17-5-3-4-6-18(17)24)27-16(13-32-23(27)26-14)11-19(28)25-12-15-7-8-15/h3-6,13,15,21H,7-12H2,1-2H3,(H,25,28)/t21-/m1/s1. The molecule has 1 N–H and O–H groups in total. The van der Waals surface area contributed by atoms with E-state index < -0.39 is 12.0 Å². The van der Waals surface area contributed by atoms with Gasteiger partial charge >= 0.3 is 5.97 Å². The van der Waals surface area contributed by atoms with E-state index in [2.05, 4.69) is 10.3 Å². The van der Waals surface area contributed by atoms with Gasteiger partial charge in [0.1, 0.15) is 6.61 Å². The first-order chi connectivity index (χ1) is 15.5. The fourth-order valence-corrected chi connectivity index (χ4v) is 4.93. The lowest BCUT2D eigenvalue weighted by Crippen LogP contribution is -2.38. The quantitative estimate of drug-likeness (QED) is 0.429. The minimum absolute atomic E-state index is 0.0431. The number of fused-ring (bicyclic) bond motifs is 1. The van der Waals surface area contributed by atoms with Crippen molar-refractivity contribution in [2.45, 2.75) is 32.2 Å². The van der Waals surface area contributed by atoms with Crippen molar-refractivity contribution in [3.63, 3.8) is 0 Å². The molecule has 4 rings (SSSR count). The SMILES string of the molecule is COCCOC(=O)C1=C(C)N=C2SC=C(CC(=O)NCC3CC3)N2[C@@H]1c1ccccc1Cl. The van der Waals surface area contributed by atoms with Gasteiger partial charge in [-0.1, -0.05) is 41.6 Å². The fourth-order valence-electron chi connectivity index (χ4n) is 3.72. The van der Waals surface area contributed by atoms with Crippen molar-refractivity contribution in [1.82, 2.24) is 10.2 Å². The lowest BCUT2D eigenvalue weighted by atomic mass is 9.93. The first-order valence-corrected chi connectivity index (χ1v) is 11.9. The van der Waals surface area contributed by atoms with Gasteiger partial charge in [-0.25, -0.2) is 9.79 Å². The Morgan fingerprint density at radius 1 is 1.28 bits per heavy atom. The number of nitrogens with zero attached hydrogens (tertiary/aromatic N) is 2. The summed E-state index contributed by atoms with van der Waals surface area (Å²) in [5.74, 6) is 0.0908. The van der Waals surface area contributed by atoms with E-state index >= 15 is 0 Å². The van der Waals surface area contributed by atoms with Crippen LogP contribution in [-0.4, -0.2) is 48.8 Å². The lowest BCUT2D eigenvalue weighted by molar-refractivity contribution is -0.141. The van der Waals surface area contributed by atoms with Gasteiger partial charge in [0.25, 0.3) is 0 Å². The van der Waals surface area contributed by atoms with Crippen LogP contribution >= 0.6 is 23.4 Å². The third-order valence-electron chi connectivity index (χ3n) is 5.57. The molecule has 1 fully saturated rings. The van der Waals surface area contributed by atoms with Crippen molar-refractivity contribution >= 4 is 40.4 Å². The minimum atomic E-state index is -0.538. The number of halogens is 1. The number of rotatable bonds is 9. The van der Waals surface area contributed by atoms with E-state index in [0.717, 1.165) is 11.3 Å². The Morgan fingerprint density at radius 3 is 2.78 bits per heavy atom. The molecule has 0 bridgehead atoms. The van der Waals surface area contributed by atoms with E-state index in [1.807, 2.05) is 28.5 Å². The zero-order chi connectivity index (χ0) is 22.7. The summed E-state index contributed by atoms with van der Waals surface area (Å²) in [6.45, 7) is 2.94. The summed E-state index contributed by atoms with van der Waals surface area (Å²) in [6, 6.07) is 6.87. The summed E-state index contributed by atoms with van der Waals surface area (Å²) in [4.78, 5) is 32.3. The van der Waals surface area contributed by atoms with Crippen LogP contribution in [-0.2, 0) is 19.1 Å². The number of methoxy groups -OCH3 is 1. The third-order valence-corrected chi connectivity index (χ3v) is 6.80. The minimum Gasteiger partial charge on any atom is -0.460 e. The molecule has 1 aromatic rings. The number of hydrogen-bond donors (Lipinski definition) is 1. The topological polar surface area (TPSA) is 80.2 Å². The number of nitrogens with one attached hydrogen (secondary N) is 1. The number of esters is 1. The molecule has 2 aliphatic heterocycles. The molecule has 1 saturated carbocycles. The molecule has 32 heavy (non-hydrogen) atoms. The Balaban J connectivity index is 1.64. The first kappa shape index (κ1) is 22.9. The maximum absolute atomic E-state index is 13.1. The highest BCUT2D eigenvalue weighted by Gasteiger charge is 2.42. The average Bonchev–Trinajstić information content (AvgIpc) is 3.52. The number of allylic oxidation sites excluding steroid dienone is 1. The van der Waals surface area contributed by atoms with E-state index in [1.165, 1.54) is 24.6 Å². The highest BCUT2D eigenvalue weighted by atomic mass is 35.5. The first-order valence-electron chi connectivity index (χ1n) is 10.6. The molecule has 0 spiro atoms. The molecule has 0 saturated heterocycles. The van der Waals surface area contributed by atoms with Crippen LogP contribution in [0.5, 0.6) is 0 Å². The molecule has 1 aromatic carbocycles. The van der Waals surface area contributed by atoms with Gasteiger partial charge in [-0.2, -0.15) is 0 Å². The van der Waals surface area contributed by atoms with Gasteiger partial charge in [-0.05, 0) is 42.7 Å². The van der Waals surface area contributed by atoms with Crippen LogP contribution in [0.4, 0.5) is 0 Å². The number of amidine groups is 1. The van der Waals surface area contributed by atoms with Crippen LogP contribution in [0.25, 0.3) is 0 Å². The molecule has 2 heterocycles. The summed E-state index contributed by atoms with van der Waals surface area (Å²) in [5.41, 5.74) is 2.52. The number of aliphatic imine (C=N–C) groups is 1. The molecule has 1 aliphatic carbocycles. The molecule has 1 amide bonds. The largest absolute Gasteiger partial charge is 0.460 e. The molecular weight excluding hydrogens is 450 g/mol. The number of hydrogen-bond acceptors (Lipinski definition) is 7. The Kier molecular flexibility index (Phi) is 7.23. The molecule has 170 valence electrons. The summed E-state index contributed by atoms with van der Waals surface area (Å²) in [6.07, 6.45) is 2.55. The monoisotopic (exact) mass is 475 g/mol.